The smallest absolute Gasteiger partial charge is 0.331 e. The minimum atomic E-state index is -0.349. The third-order valence-electron chi connectivity index (χ3n) is 5.29. The average molecular weight is 413 g/mol. The van der Waals surface area contributed by atoms with E-state index in [0.29, 0.717) is 22.5 Å². The van der Waals surface area contributed by atoms with Crippen molar-refractivity contribution in [1.29, 1.82) is 5.26 Å². The molecule has 2 amide bonds. The van der Waals surface area contributed by atoms with Crippen LogP contribution in [0, 0.1) is 11.3 Å². The molecule has 0 bridgehead atoms. The van der Waals surface area contributed by atoms with Gasteiger partial charge in [0.1, 0.15) is 12.4 Å². The van der Waals surface area contributed by atoms with Crippen LogP contribution in [0.25, 0.3) is 0 Å². The number of benzene rings is 1. The number of anilines is 3. The number of nitrogens with one attached hydrogen (secondary N) is 1. The van der Waals surface area contributed by atoms with E-state index in [4.69, 9.17) is 11.6 Å². The zero-order chi connectivity index (χ0) is 20.4. The zero-order valence-corrected chi connectivity index (χ0v) is 16.5. The number of hydrogen-bond donors (Lipinski definition) is 2. The van der Waals surface area contributed by atoms with Crippen LogP contribution < -0.4 is 15.1 Å². The van der Waals surface area contributed by atoms with Gasteiger partial charge in [0.25, 0.3) is 0 Å². The minimum Gasteiger partial charge on any atom is -0.393 e. The third-order valence-corrected chi connectivity index (χ3v) is 5.61. The Morgan fingerprint density at radius 2 is 2.03 bits per heavy atom. The molecular formula is C20H21ClN6O2. The van der Waals surface area contributed by atoms with Crippen molar-refractivity contribution in [3.05, 3.63) is 41.0 Å². The van der Waals surface area contributed by atoms with E-state index in [1.54, 1.807) is 24.4 Å². The van der Waals surface area contributed by atoms with Crippen LogP contribution in [0.2, 0.25) is 5.02 Å². The molecule has 8 nitrogen and oxygen atoms in total. The number of nitrogens with zero attached hydrogens (tertiary/aromatic N) is 5. The van der Waals surface area contributed by atoms with Gasteiger partial charge in [0.15, 0.2) is 0 Å². The number of aliphatic hydroxyl groups is 1. The summed E-state index contributed by atoms with van der Waals surface area (Å²) >= 11 is 6.28. The highest BCUT2D eigenvalue weighted by Crippen LogP contribution is 2.34. The van der Waals surface area contributed by atoms with Crippen molar-refractivity contribution >= 4 is 35.1 Å². The molecule has 0 atom stereocenters. The van der Waals surface area contributed by atoms with Gasteiger partial charge in [0.05, 0.1) is 29.4 Å². The molecule has 0 radical (unpaired) electrons. The number of amides is 2. The summed E-state index contributed by atoms with van der Waals surface area (Å²) in [5, 5.41) is 22.7. The van der Waals surface area contributed by atoms with E-state index >= 15 is 0 Å². The molecule has 2 aromatic rings. The summed E-state index contributed by atoms with van der Waals surface area (Å²) in [7, 11) is 0. The van der Waals surface area contributed by atoms with Crippen LogP contribution in [0.1, 0.15) is 31.2 Å². The van der Waals surface area contributed by atoms with Crippen LogP contribution in [-0.2, 0) is 6.54 Å². The molecule has 0 spiro atoms. The normalized spacial score (nSPS) is 21.5. The standard InChI is InChI=1S/C20H21ClN6O2/c21-16-3-1-2-4-17(16)27-12-13-11-23-19(24-14-5-7-15(28)8-6-14)25-18(13)26(10-9-22)20(27)29/h1-4,11,14-15,28H,5-8,10,12H2,(H,23,24,25). The lowest BCUT2D eigenvalue weighted by molar-refractivity contribution is 0.126. The van der Waals surface area contributed by atoms with Crippen molar-refractivity contribution in [3.63, 3.8) is 0 Å². The predicted molar refractivity (Wildman–Crippen MR) is 110 cm³/mol. The Hall–Kier alpha value is -2.89. The van der Waals surface area contributed by atoms with Gasteiger partial charge >= 0.3 is 6.03 Å². The first-order valence-electron chi connectivity index (χ1n) is 9.58. The topological polar surface area (TPSA) is 105 Å². The largest absolute Gasteiger partial charge is 0.393 e. The molecule has 9 heteroatoms. The maximum atomic E-state index is 13.1. The van der Waals surface area contributed by atoms with Crippen LogP contribution in [-0.4, -0.2) is 39.8 Å². The van der Waals surface area contributed by atoms with Crippen molar-refractivity contribution in [2.24, 2.45) is 0 Å². The van der Waals surface area contributed by atoms with Crippen LogP contribution in [0.3, 0.4) is 0 Å². The van der Waals surface area contributed by atoms with Crippen molar-refractivity contribution in [2.45, 2.75) is 44.4 Å². The number of aliphatic hydroxyl groups excluding tert-OH is 1. The summed E-state index contributed by atoms with van der Waals surface area (Å²) < 4.78 is 0. The maximum absolute atomic E-state index is 13.1. The van der Waals surface area contributed by atoms with Crippen molar-refractivity contribution in [3.8, 4) is 6.07 Å². The molecule has 1 aromatic heterocycles. The van der Waals surface area contributed by atoms with Crippen LogP contribution in [0.15, 0.2) is 30.5 Å². The zero-order valence-electron chi connectivity index (χ0n) is 15.8. The number of nitriles is 1. The third kappa shape index (κ3) is 3.97. The molecule has 4 rings (SSSR count). The van der Waals surface area contributed by atoms with Crippen LogP contribution in [0.4, 0.5) is 22.2 Å². The molecule has 0 unspecified atom stereocenters. The molecule has 0 saturated heterocycles. The molecular weight excluding hydrogens is 392 g/mol. The Kier molecular flexibility index (Phi) is 5.51. The van der Waals surface area contributed by atoms with Gasteiger partial charge in [-0.15, -0.1) is 0 Å². The van der Waals surface area contributed by atoms with Gasteiger partial charge in [-0.3, -0.25) is 9.80 Å². The Balaban J connectivity index is 1.62. The molecule has 1 aliphatic carbocycles. The molecule has 2 heterocycles. The average Bonchev–Trinajstić information content (AvgIpc) is 2.72. The fourth-order valence-corrected chi connectivity index (χ4v) is 4.00. The van der Waals surface area contributed by atoms with Crippen LogP contribution >= 0.6 is 11.6 Å². The molecule has 1 fully saturated rings. The van der Waals surface area contributed by atoms with Gasteiger partial charge in [-0.25, -0.2) is 9.78 Å². The lowest BCUT2D eigenvalue weighted by Gasteiger charge is -2.35. The van der Waals surface area contributed by atoms with Crippen molar-refractivity contribution in [2.75, 3.05) is 21.7 Å². The molecule has 150 valence electrons. The first kappa shape index (κ1) is 19.4. The highest BCUT2D eigenvalue weighted by Gasteiger charge is 2.34. The highest BCUT2D eigenvalue weighted by atomic mass is 35.5. The Bertz CT molecular complexity index is 954. The molecule has 1 saturated carbocycles. The van der Waals surface area contributed by atoms with Crippen molar-refractivity contribution in [1.82, 2.24) is 9.97 Å². The number of halogens is 1. The second-order valence-corrected chi connectivity index (χ2v) is 7.66. The molecule has 2 N–H and O–H groups in total. The minimum absolute atomic E-state index is 0.126. The number of rotatable bonds is 4. The monoisotopic (exact) mass is 412 g/mol. The van der Waals surface area contributed by atoms with Gasteiger partial charge in [-0.1, -0.05) is 23.7 Å². The predicted octanol–water partition coefficient (Wildman–Crippen LogP) is 3.32. The van der Waals surface area contributed by atoms with E-state index in [9.17, 15) is 15.2 Å². The fourth-order valence-electron chi connectivity index (χ4n) is 3.76. The number of hydrogen-bond acceptors (Lipinski definition) is 6. The van der Waals surface area contributed by atoms with Gasteiger partial charge in [-0.05, 0) is 37.8 Å². The van der Waals surface area contributed by atoms with E-state index in [2.05, 4.69) is 15.3 Å². The lowest BCUT2D eigenvalue weighted by Crippen LogP contribution is -2.48. The Morgan fingerprint density at radius 3 is 2.76 bits per heavy atom. The SMILES string of the molecule is N#CCN1C(=O)N(c2ccccc2Cl)Cc2cnc(NC3CCC(O)CC3)nc21. The summed E-state index contributed by atoms with van der Waals surface area (Å²) in [4.78, 5) is 24.9. The summed E-state index contributed by atoms with van der Waals surface area (Å²) in [6.45, 7) is 0.147. The first-order valence-corrected chi connectivity index (χ1v) is 9.95. The quantitative estimate of drug-likeness (QED) is 0.746. The van der Waals surface area contributed by atoms with Gasteiger partial charge in [-0.2, -0.15) is 10.2 Å². The van der Waals surface area contributed by atoms with E-state index in [0.717, 1.165) is 31.2 Å². The Labute approximate surface area is 173 Å². The van der Waals surface area contributed by atoms with E-state index in [1.807, 2.05) is 12.1 Å². The first-order chi connectivity index (χ1) is 14.1. The van der Waals surface area contributed by atoms with E-state index < -0.39 is 0 Å². The number of urea groups is 1. The second kappa shape index (κ2) is 8.23. The van der Waals surface area contributed by atoms with E-state index in [1.165, 1.54) is 9.80 Å². The van der Waals surface area contributed by atoms with Gasteiger partial charge in [0, 0.05) is 17.8 Å². The summed E-state index contributed by atoms with van der Waals surface area (Å²) in [6.07, 6.45) is 4.61. The lowest BCUT2D eigenvalue weighted by atomic mass is 9.93. The summed E-state index contributed by atoms with van der Waals surface area (Å²) in [5.41, 5.74) is 1.32. The number of carbonyl (C=O) groups excluding carboxylic acids is 1. The molecule has 1 aliphatic heterocycles. The Morgan fingerprint density at radius 1 is 1.28 bits per heavy atom. The second-order valence-electron chi connectivity index (χ2n) is 7.26. The van der Waals surface area contributed by atoms with Crippen LogP contribution in [0.5, 0.6) is 0 Å². The maximum Gasteiger partial charge on any atom is 0.331 e. The number of aromatic nitrogens is 2. The van der Waals surface area contributed by atoms with Gasteiger partial charge in [0.2, 0.25) is 5.95 Å². The molecule has 1 aromatic carbocycles. The number of carbonyl (C=O) groups is 1. The molecule has 29 heavy (non-hydrogen) atoms. The highest BCUT2D eigenvalue weighted by molar-refractivity contribution is 6.34. The summed E-state index contributed by atoms with van der Waals surface area (Å²) in [6, 6.07) is 8.96. The number of fused-ring (bicyclic) bond motifs is 1. The fraction of sp³-hybridized carbons (Fsp3) is 0.400. The van der Waals surface area contributed by atoms with E-state index in [-0.39, 0.29) is 31.3 Å². The van der Waals surface area contributed by atoms with Crippen molar-refractivity contribution < 1.29 is 9.90 Å². The number of para-hydroxylation sites is 1. The summed E-state index contributed by atoms with van der Waals surface area (Å²) in [5.74, 6) is 0.861. The van der Waals surface area contributed by atoms with Gasteiger partial charge < -0.3 is 10.4 Å². The molecule has 2 aliphatic rings.